The molecule has 0 aliphatic carbocycles. The zero-order valence-corrected chi connectivity index (χ0v) is 8.64. The molecule has 0 saturated carbocycles. The maximum Gasteiger partial charge on any atom is 0.193 e. The highest BCUT2D eigenvalue weighted by Gasteiger charge is 2.12. The predicted molar refractivity (Wildman–Crippen MR) is 52.1 cm³/mol. The van der Waals surface area contributed by atoms with Gasteiger partial charge < -0.3 is 0 Å². The predicted octanol–water partition coefficient (Wildman–Crippen LogP) is 2.39. The van der Waals surface area contributed by atoms with Crippen molar-refractivity contribution in [2.45, 2.75) is 20.3 Å². The van der Waals surface area contributed by atoms with Crippen LogP contribution in [-0.4, -0.2) is 14.6 Å². The molecule has 2 aromatic rings. The number of nitrogens with zero attached hydrogens (tertiary/aromatic N) is 3. The lowest BCUT2D eigenvalue weighted by Gasteiger charge is -2.00. The van der Waals surface area contributed by atoms with Crippen molar-refractivity contribution in [3.63, 3.8) is 0 Å². The van der Waals surface area contributed by atoms with Gasteiger partial charge in [-0.3, -0.25) is 0 Å². The summed E-state index contributed by atoms with van der Waals surface area (Å²) >= 11 is 5.96. The molecule has 2 aromatic heterocycles. The van der Waals surface area contributed by atoms with Gasteiger partial charge in [-0.1, -0.05) is 18.5 Å². The first kappa shape index (κ1) is 9.40. The number of aryl methyl sites for hydroxylation is 2. The van der Waals surface area contributed by atoms with Gasteiger partial charge in [-0.15, -0.1) is 5.10 Å². The van der Waals surface area contributed by atoms with Crippen LogP contribution in [0.5, 0.6) is 0 Å². The van der Waals surface area contributed by atoms with Crippen LogP contribution in [0.25, 0.3) is 5.65 Å². The standard InChI is InChI=1S/C9H9ClFN3/c1-3-7-12-9-6(11)4-5(2)8(10)14(9)13-7/h4H,3H2,1-2H3. The normalized spacial score (nSPS) is 11.1. The lowest BCUT2D eigenvalue weighted by molar-refractivity contribution is 0.626. The van der Waals surface area contributed by atoms with E-state index in [2.05, 4.69) is 10.1 Å². The van der Waals surface area contributed by atoms with E-state index in [0.29, 0.717) is 23.0 Å². The number of rotatable bonds is 1. The topological polar surface area (TPSA) is 30.2 Å². The van der Waals surface area contributed by atoms with E-state index in [0.717, 1.165) is 0 Å². The lowest BCUT2D eigenvalue weighted by Crippen LogP contribution is -1.95. The second kappa shape index (κ2) is 3.20. The average molecular weight is 214 g/mol. The summed E-state index contributed by atoms with van der Waals surface area (Å²) in [6, 6.07) is 1.37. The van der Waals surface area contributed by atoms with Crippen molar-refractivity contribution in [2.75, 3.05) is 0 Å². The Hall–Kier alpha value is -1.16. The van der Waals surface area contributed by atoms with Gasteiger partial charge in [-0.05, 0) is 18.6 Å². The number of hydrogen-bond acceptors (Lipinski definition) is 2. The van der Waals surface area contributed by atoms with Crippen LogP contribution in [0.15, 0.2) is 6.07 Å². The third-order valence-electron chi connectivity index (χ3n) is 2.04. The van der Waals surface area contributed by atoms with Crippen molar-refractivity contribution < 1.29 is 4.39 Å². The Labute approximate surface area is 85.5 Å². The van der Waals surface area contributed by atoms with Crippen LogP contribution in [0.4, 0.5) is 4.39 Å². The zero-order valence-electron chi connectivity index (χ0n) is 7.88. The molecule has 0 bridgehead atoms. The molecule has 0 N–H and O–H groups in total. The van der Waals surface area contributed by atoms with Gasteiger partial charge in [0.1, 0.15) is 5.15 Å². The minimum absolute atomic E-state index is 0.192. The molecule has 2 heterocycles. The van der Waals surface area contributed by atoms with E-state index in [1.165, 1.54) is 10.6 Å². The van der Waals surface area contributed by atoms with Gasteiger partial charge in [-0.2, -0.15) is 4.52 Å². The third kappa shape index (κ3) is 1.26. The molecule has 74 valence electrons. The van der Waals surface area contributed by atoms with Gasteiger partial charge in [0.15, 0.2) is 17.3 Å². The highest BCUT2D eigenvalue weighted by atomic mass is 35.5. The molecule has 3 nitrogen and oxygen atoms in total. The molecule has 0 saturated heterocycles. The summed E-state index contributed by atoms with van der Waals surface area (Å²) in [6.45, 7) is 3.64. The van der Waals surface area contributed by atoms with Crippen molar-refractivity contribution >= 4 is 17.2 Å². The number of hydrogen-bond donors (Lipinski definition) is 0. The Balaban J connectivity index is 2.84. The van der Waals surface area contributed by atoms with E-state index in [1.54, 1.807) is 6.92 Å². The van der Waals surface area contributed by atoms with Gasteiger partial charge in [0.05, 0.1) is 0 Å². The molecule has 5 heteroatoms. The summed E-state index contributed by atoms with van der Waals surface area (Å²) in [6.07, 6.45) is 0.663. The molecule has 0 aliphatic rings. The summed E-state index contributed by atoms with van der Waals surface area (Å²) in [4.78, 5) is 4.03. The van der Waals surface area contributed by atoms with Gasteiger partial charge in [0, 0.05) is 6.42 Å². The Morgan fingerprint density at radius 3 is 2.93 bits per heavy atom. The Bertz CT molecular complexity index is 492. The van der Waals surface area contributed by atoms with E-state index >= 15 is 0 Å². The first-order chi connectivity index (χ1) is 6.63. The summed E-state index contributed by atoms with van der Waals surface area (Å²) in [5, 5.41) is 4.50. The number of halogens is 2. The first-order valence-electron chi connectivity index (χ1n) is 4.33. The van der Waals surface area contributed by atoms with E-state index < -0.39 is 0 Å². The summed E-state index contributed by atoms with van der Waals surface area (Å²) in [7, 11) is 0. The molecule has 0 atom stereocenters. The Kier molecular flexibility index (Phi) is 2.15. The fraction of sp³-hybridized carbons (Fsp3) is 0.333. The van der Waals surface area contributed by atoms with E-state index in [1.807, 2.05) is 6.92 Å². The summed E-state index contributed by atoms with van der Waals surface area (Å²) in [5.74, 6) is 0.204. The Morgan fingerprint density at radius 1 is 1.57 bits per heavy atom. The van der Waals surface area contributed by atoms with Crippen molar-refractivity contribution in [3.05, 3.63) is 28.4 Å². The fourth-order valence-electron chi connectivity index (χ4n) is 1.28. The smallest absolute Gasteiger partial charge is 0.193 e. The van der Waals surface area contributed by atoms with E-state index in [9.17, 15) is 4.39 Å². The summed E-state index contributed by atoms with van der Waals surface area (Å²) in [5.41, 5.74) is 0.849. The number of aromatic nitrogens is 3. The highest BCUT2D eigenvalue weighted by Crippen LogP contribution is 2.19. The molecule has 0 spiro atoms. The maximum absolute atomic E-state index is 13.4. The van der Waals surface area contributed by atoms with Crippen molar-refractivity contribution in [2.24, 2.45) is 0 Å². The molecule has 0 amide bonds. The molecule has 0 aromatic carbocycles. The van der Waals surface area contributed by atoms with E-state index in [4.69, 9.17) is 11.6 Å². The van der Waals surface area contributed by atoms with Crippen LogP contribution < -0.4 is 0 Å². The van der Waals surface area contributed by atoms with Gasteiger partial charge in [0.25, 0.3) is 0 Å². The minimum atomic E-state index is -0.390. The maximum atomic E-state index is 13.4. The summed E-state index contributed by atoms with van der Waals surface area (Å²) < 4.78 is 14.7. The van der Waals surface area contributed by atoms with Crippen molar-refractivity contribution in [1.29, 1.82) is 0 Å². The zero-order chi connectivity index (χ0) is 10.3. The van der Waals surface area contributed by atoms with Crippen LogP contribution in [0, 0.1) is 12.7 Å². The molecular formula is C9H9ClFN3. The highest BCUT2D eigenvalue weighted by molar-refractivity contribution is 6.30. The van der Waals surface area contributed by atoms with Crippen LogP contribution in [0.2, 0.25) is 5.15 Å². The van der Waals surface area contributed by atoms with Crippen molar-refractivity contribution in [1.82, 2.24) is 14.6 Å². The van der Waals surface area contributed by atoms with Crippen LogP contribution in [0.3, 0.4) is 0 Å². The molecule has 0 fully saturated rings. The van der Waals surface area contributed by atoms with Gasteiger partial charge in [-0.25, -0.2) is 9.37 Å². The average Bonchev–Trinajstić information content (AvgIpc) is 2.58. The first-order valence-corrected chi connectivity index (χ1v) is 4.71. The molecule has 0 radical (unpaired) electrons. The lowest BCUT2D eigenvalue weighted by atomic mass is 10.3. The van der Waals surface area contributed by atoms with Crippen LogP contribution in [0.1, 0.15) is 18.3 Å². The minimum Gasteiger partial charge on any atom is -0.209 e. The van der Waals surface area contributed by atoms with Gasteiger partial charge in [0.2, 0.25) is 0 Å². The fourth-order valence-corrected chi connectivity index (χ4v) is 1.45. The van der Waals surface area contributed by atoms with E-state index in [-0.39, 0.29) is 11.5 Å². The second-order valence-electron chi connectivity index (χ2n) is 3.08. The van der Waals surface area contributed by atoms with Crippen LogP contribution in [-0.2, 0) is 6.42 Å². The monoisotopic (exact) mass is 213 g/mol. The SMILES string of the molecule is CCc1nc2c(F)cc(C)c(Cl)n2n1. The third-order valence-corrected chi connectivity index (χ3v) is 2.49. The molecule has 14 heavy (non-hydrogen) atoms. The Morgan fingerprint density at radius 2 is 2.29 bits per heavy atom. The largest absolute Gasteiger partial charge is 0.209 e. The number of pyridine rings is 1. The van der Waals surface area contributed by atoms with Crippen molar-refractivity contribution in [3.8, 4) is 0 Å². The molecule has 0 unspecified atom stereocenters. The number of fused-ring (bicyclic) bond motifs is 1. The van der Waals surface area contributed by atoms with Gasteiger partial charge >= 0.3 is 0 Å². The molecular weight excluding hydrogens is 205 g/mol. The van der Waals surface area contributed by atoms with Crippen LogP contribution >= 0.6 is 11.6 Å². The second-order valence-corrected chi connectivity index (χ2v) is 3.44. The molecule has 0 aliphatic heterocycles. The molecule has 2 rings (SSSR count). The quantitative estimate of drug-likeness (QED) is 0.681.